The lowest BCUT2D eigenvalue weighted by Gasteiger charge is -2.26. The van der Waals surface area contributed by atoms with Crippen LogP contribution in [0.1, 0.15) is 35.7 Å². The first-order valence-corrected chi connectivity index (χ1v) is 10.6. The van der Waals surface area contributed by atoms with Crippen molar-refractivity contribution >= 4 is 23.2 Å². The summed E-state index contributed by atoms with van der Waals surface area (Å²) in [7, 11) is 1.54. The molecular formula is C27H26FNO4. The summed E-state index contributed by atoms with van der Waals surface area (Å²) >= 11 is 0. The Morgan fingerprint density at radius 2 is 1.45 bits per heavy atom. The number of anilines is 1. The second-order valence-corrected chi connectivity index (χ2v) is 8.01. The Morgan fingerprint density at radius 3 is 2.00 bits per heavy atom. The molecule has 2 atom stereocenters. The molecule has 5 nitrogen and oxygen atoms in total. The zero-order chi connectivity index (χ0) is 24.0. The predicted octanol–water partition coefficient (Wildman–Crippen LogP) is 5.28. The Kier molecular flexibility index (Phi) is 7.72. The zero-order valence-corrected chi connectivity index (χ0v) is 18.7. The van der Waals surface area contributed by atoms with Gasteiger partial charge in [-0.15, -0.1) is 0 Å². The number of rotatable bonds is 9. The summed E-state index contributed by atoms with van der Waals surface area (Å²) in [4.78, 5) is 40.3. The fourth-order valence-corrected chi connectivity index (χ4v) is 3.65. The third-order valence-corrected chi connectivity index (χ3v) is 5.42. The molecule has 2 unspecified atom stereocenters. The molecule has 0 saturated heterocycles. The average molecular weight is 448 g/mol. The monoisotopic (exact) mass is 447 g/mol. The number of ether oxygens (including phenoxy) is 1. The lowest BCUT2D eigenvalue weighted by molar-refractivity contribution is -0.133. The van der Waals surface area contributed by atoms with E-state index in [-0.39, 0.29) is 11.3 Å². The Bertz CT molecular complexity index is 1110. The van der Waals surface area contributed by atoms with Crippen molar-refractivity contribution < 1.29 is 23.5 Å². The van der Waals surface area contributed by atoms with Crippen LogP contribution in [-0.2, 0) is 9.59 Å². The smallest absolute Gasteiger partial charge is 0.236 e. The van der Waals surface area contributed by atoms with Gasteiger partial charge in [-0.25, -0.2) is 4.39 Å². The molecule has 6 heteroatoms. The van der Waals surface area contributed by atoms with E-state index in [1.165, 1.54) is 31.4 Å². The van der Waals surface area contributed by atoms with Gasteiger partial charge in [0, 0.05) is 17.2 Å². The van der Waals surface area contributed by atoms with Crippen LogP contribution in [0.2, 0.25) is 0 Å². The maximum atomic E-state index is 13.6. The molecule has 0 spiro atoms. The van der Waals surface area contributed by atoms with Crippen molar-refractivity contribution in [3.8, 4) is 5.75 Å². The lowest BCUT2D eigenvalue weighted by Crippen LogP contribution is -2.40. The minimum atomic E-state index is -1.27. The number of Topliss-reactive ketones (excluding diaryl/α,β-unsaturated/α-hetero) is 2. The van der Waals surface area contributed by atoms with Gasteiger partial charge in [0.05, 0.1) is 13.0 Å². The molecule has 170 valence electrons. The van der Waals surface area contributed by atoms with Crippen molar-refractivity contribution in [2.75, 3.05) is 12.4 Å². The number of hydrogen-bond donors (Lipinski definition) is 1. The second kappa shape index (κ2) is 10.7. The number of benzene rings is 3. The summed E-state index contributed by atoms with van der Waals surface area (Å²) in [6, 6.07) is 20.5. The van der Waals surface area contributed by atoms with E-state index in [2.05, 4.69) is 5.32 Å². The minimum Gasteiger partial charge on any atom is -0.497 e. The van der Waals surface area contributed by atoms with Crippen molar-refractivity contribution in [2.24, 2.45) is 11.8 Å². The van der Waals surface area contributed by atoms with Crippen LogP contribution in [0.3, 0.4) is 0 Å². The molecule has 0 aromatic heterocycles. The van der Waals surface area contributed by atoms with E-state index in [0.717, 1.165) is 0 Å². The molecule has 0 saturated carbocycles. The van der Waals surface area contributed by atoms with Crippen molar-refractivity contribution in [2.45, 2.75) is 19.8 Å². The Balaban J connectivity index is 2.05. The quantitative estimate of drug-likeness (QED) is 0.358. The first kappa shape index (κ1) is 23.9. The van der Waals surface area contributed by atoms with E-state index >= 15 is 0 Å². The van der Waals surface area contributed by atoms with E-state index in [1.54, 1.807) is 68.4 Å². The molecule has 0 bridgehead atoms. The van der Waals surface area contributed by atoms with Crippen LogP contribution in [0, 0.1) is 17.7 Å². The number of carbonyl (C=O) groups excluding carboxylic acids is 3. The summed E-state index contributed by atoms with van der Waals surface area (Å²) in [5, 5.41) is 2.77. The summed E-state index contributed by atoms with van der Waals surface area (Å²) in [5.74, 6) is -4.04. The normalized spacial score (nSPS) is 12.6. The highest BCUT2D eigenvalue weighted by Crippen LogP contribution is 2.33. The van der Waals surface area contributed by atoms with Crippen LogP contribution in [0.15, 0.2) is 78.9 Å². The van der Waals surface area contributed by atoms with Gasteiger partial charge in [-0.05, 0) is 54.1 Å². The summed E-state index contributed by atoms with van der Waals surface area (Å²) < 4.78 is 18.6. The topological polar surface area (TPSA) is 72.5 Å². The number of hydrogen-bond acceptors (Lipinski definition) is 4. The first-order valence-electron chi connectivity index (χ1n) is 10.6. The number of halogens is 1. The highest BCUT2D eigenvalue weighted by molar-refractivity contribution is 6.14. The molecule has 1 amide bonds. The van der Waals surface area contributed by atoms with Crippen LogP contribution < -0.4 is 10.1 Å². The molecule has 3 rings (SSSR count). The fourth-order valence-electron chi connectivity index (χ4n) is 3.65. The molecule has 33 heavy (non-hydrogen) atoms. The largest absolute Gasteiger partial charge is 0.497 e. The van der Waals surface area contributed by atoms with Crippen molar-refractivity contribution in [3.05, 3.63) is 95.8 Å². The van der Waals surface area contributed by atoms with Crippen LogP contribution in [-0.4, -0.2) is 24.6 Å². The number of methoxy groups -OCH3 is 1. The first-order chi connectivity index (χ1) is 15.8. The highest BCUT2D eigenvalue weighted by Gasteiger charge is 2.41. The summed E-state index contributed by atoms with van der Waals surface area (Å²) in [6.45, 7) is 3.39. The van der Waals surface area contributed by atoms with Gasteiger partial charge in [0.25, 0.3) is 0 Å². The van der Waals surface area contributed by atoms with Gasteiger partial charge in [-0.1, -0.05) is 44.2 Å². The van der Waals surface area contributed by atoms with Gasteiger partial charge in [-0.2, -0.15) is 0 Å². The van der Waals surface area contributed by atoms with Gasteiger partial charge in [0.2, 0.25) is 5.91 Å². The minimum absolute atomic E-state index is 0.226. The number of amides is 1. The Morgan fingerprint density at radius 1 is 0.848 bits per heavy atom. The van der Waals surface area contributed by atoms with E-state index in [9.17, 15) is 18.8 Å². The lowest BCUT2D eigenvalue weighted by atomic mass is 9.75. The maximum absolute atomic E-state index is 13.6. The van der Waals surface area contributed by atoms with E-state index in [0.29, 0.717) is 17.0 Å². The van der Waals surface area contributed by atoms with Gasteiger partial charge in [-0.3, -0.25) is 14.4 Å². The van der Waals surface area contributed by atoms with Crippen molar-refractivity contribution in [3.63, 3.8) is 0 Å². The van der Waals surface area contributed by atoms with Gasteiger partial charge < -0.3 is 10.1 Å². The summed E-state index contributed by atoms with van der Waals surface area (Å²) in [6.07, 6.45) is 0. The van der Waals surface area contributed by atoms with Crippen molar-refractivity contribution in [1.29, 1.82) is 0 Å². The van der Waals surface area contributed by atoms with E-state index in [1.807, 2.05) is 0 Å². The van der Waals surface area contributed by atoms with E-state index < -0.39 is 35.3 Å². The molecule has 0 aliphatic heterocycles. The third kappa shape index (κ3) is 5.71. The Labute approximate surface area is 192 Å². The maximum Gasteiger partial charge on any atom is 0.236 e. The Hall–Kier alpha value is -3.80. The standard InChI is InChI=1S/C27H26FNO4/c1-17(2)25(30)24(27(32)29-21-13-15-22(33-3)16-14-21)23(18-7-5-4-6-8-18)26(31)19-9-11-20(28)12-10-19/h4-17,23-24H,1-3H3,(H,29,32). The molecule has 0 heterocycles. The van der Waals surface area contributed by atoms with Crippen LogP contribution >= 0.6 is 0 Å². The highest BCUT2D eigenvalue weighted by atomic mass is 19.1. The van der Waals surface area contributed by atoms with Crippen LogP contribution in [0.5, 0.6) is 5.75 Å². The second-order valence-electron chi connectivity index (χ2n) is 8.01. The van der Waals surface area contributed by atoms with Gasteiger partial charge in [0.15, 0.2) is 5.78 Å². The molecule has 0 fully saturated rings. The molecule has 1 N–H and O–H groups in total. The number of carbonyl (C=O) groups is 3. The zero-order valence-electron chi connectivity index (χ0n) is 18.7. The average Bonchev–Trinajstić information content (AvgIpc) is 2.83. The third-order valence-electron chi connectivity index (χ3n) is 5.42. The SMILES string of the molecule is COc1ccc(NC(=O)C(C(=O)C(C)C)C(C(=O)c2ccc(F)cc2)c2ccccc2)cc1. The molecule has 0 aliphatic rings. The van der Waals surface area contributed by atoms with E-state index in [4.69, 9.17) is 4.74 Å². The molecule has 0 aliphatic carbocycles. The number of nitrogens with one attached hydrogen (secondary N) is 1. The van der Waals surface area contributed by atoms with Crippen LogP contribution in [0.25, 0.3) is 0 Å². The van der Waals surface area contributed by atoms with Crippen molar-refractivity contribution in [1.82, 2.24) is 0 Å². The van der Waals surface area contributed by atoms with Gasteiger partial charge >= 0.3 is 0 Å². The molecule has 0 radical (unpaired) electrons. The molecule has 3 aromatic carbocycles. The summed E-state index contributed by atoms with van der Waals surface area (Å²) in [5.41, 5.74) is 1.24. The fraction of sp³-hybridized carbons (Fsp3) is 0.222. The number of ketones is 2. The predicted molar refractivity (Wildman–Crippen MR) is 125 cm³/mol. The molecular weight excluding hydrogens is 421 g/mol. The van der Waals surface area contributed by atoms with Crippen LogP contribution in [0.4, 0.5) is 10.1 Å². The molecule has 3 aromatic rings. The van der Waals surface area contributed by atoms with Gasteiger partial charge in [0.1, 0.15) is 23.3 Å².